The van der Waals surface area contributed by atoms with Gasteiger partial charge in [-0.1, -0.05) is 30.3 Å². The van der Waals surface area contributed by atoms with Crippen LogP contribution in [0.3, 0.4) is 0 Å². The molecular weight excluding hydrogens is 346 g/mol. The van der Waals surface area contributed by atoms with Crippen LogP contribution in [0.2, 0.25) is 0 Å². The van der Waals surface area contributed by atoms with Gasteiger partial charge in [0.25, 0.3) is 0 Å². The lowest BCUT2D eigenvalue weighted by Gasteiger charge is -2.30. The normalized spacial score (nSPS) is 15.3. The number of piperidine rings is 1. The lowest BCUT2D eigenvalue weighted by Crippen LogP contribution is -2.46. The summed E-state index contributed by atoms with van der Waals surface area (Å²) < 4.78 is 5.11. The second-order valence-corrected chi connectivity index (χ2v) is 6.59. The third-order valence-electron chi connectivity index (χ3n) is 4.64. The molecule has 0 atom stereocenters. The summed E-state index contributed by atoms with van der Waals surface area (Å²) in [6.45, 7) is 1.68. The Hall–Kier alpha value is -2.93. The molecule has 1 aliphatic rings. The number of ketones is 1. The number of Topliss-reactive ketones (excluding diaryl/α,β-unsaturated/α-hetero) is 1. The Bertz CT molecular complexity index is 766. The number of rotatable bonds is 6. The molecule has 3 rings (SSSR count). The molecule has 1 fully saturated rings. The fourth-order valence-electron chi connectivity index (χ4n) is 3.19. The Balaban J connectivity index is 1.37. The highest BCUT2D eigenvalue weighted by Gasteiger charge is 2.26. The number of furan rings is 1. The van der Waals surface area contributed by atoms with E-state index in [1.807, 2.05) is 35.2 Å². The van der Waals surface area contributed by atoms with Crippen molar-refractivity contribution < 1.29 is 18.8 Å². The maximum Gasteiger partial charge on any atom is 0.321 e. The summed E-state index contributed by atoms with van der Waals surface area (Å²) in [5.74, 6) is 0.405. The molecule has 2 heterocycles. The molecule has 7 heteroatoms. The van der Waals surface area contributed by atoms with Crippen LogP contribution < -0.4 is 10.6 Å². The predicted octanol–water partition coefficient (Wildman–Crippen LogP) is 2.20. The summed E-state index contributed by atoms with van der Waals surface area (Å²) in [6, 6.07) is 12.2. The van der Waals surface area contributed by atoms with Gasteiger partial charge in [-0.3, -0.25) is 19.8 Å². The van der Waals surface area contributed by atoms with E-state index in [2.05, 4.69) is 10.6 Å². The largest absolute Gasteiger partial charge is 0.467 e. The van der Waals surface area contributed by atoms with Gasteiger partial charge in [0, 0.05) is 11.5 Å². The van der Waals surface area contributed by atoms with E-state index in [1.165, 1.54) is 6.26 Å². The number of carbonyl (C=O) groups is 3. The summed E-state index contributed by atoms with van der Waals surface area (Å²) in [6.07, 6.45) is 2.95. The molecule has 2 N–H and O–H groups in total. The number of urea groups is 1. The second kappa shape index (κ2) is 9.14. The van der Waals surface area contributed by atoms with Crippen molar-refractivity contribution in [3.63, 3.8) is 0 Å². The van der Waals surface area contributed by atoms with Crippen molar-refractivity contribution in [2.75, 3.05) is 19.6 Å². The molecule has 1 aromatic heterocycles. The number of hydrogen-bond acceptors (Lipinski definition) is 5. The predicted molar refractivity (Wildman–Crippen MR) is 99.0 cm³/mol. The van der Waals surface area contributed by atoms with Crippen molar-refractivity contribution >= 4 is 17.7 Å². The second-order valence-electron chi connectivity index (χ2n) is 6.59. The first-order chi connectivity index (χ1) is 13.1. The number of benzene rings is 1. The third kappa shape index (κ3) is 5.52. The zero-order chi connectivity index (χ0) is 19.1. The van der Waals surface area contributed by atoms with Crippen molar-refractivity contribution in [2.45, 2.75) is 19.4 Å². The topological polar surface area (TPSA) is 91.7 Å². The van der Waals surface area contributed by atoms with Crippen LogP contribution in [0, 0.1) is 5.92 Å². The molecule has 1 aliphatic heterocycles. The molecular formula is C20H23N3O4. The first-order valence-electron chi connectivity index (χ1n) is 9.03. The maximum absolute atomic E-state index is 12.5. The average Bonchev–Trinajstić information content (AvgIpc) is 3.21. The van der Waals surface area contributed by atoms with Crippen molar-refractivity contribution in [3.05, 3.63) is 60.1 Å². The van der Waals surface area contributed by atoms with Gasteiger partial charge in [-0.15, -0.1) is 0 Å². The molecule has 0 saturated carbocycles. The summed E-state index contributed by atoms with van der Waals surface area (Å²) in [5.41, 5.74) is 0.738. The molecule has 1 aromatic carbocycles. The van der Waals surface area contributed by atoms with Gasteiger partial charge in [-0.25, -0.2) is 4.79 Å². The van der Waals surface area contributed by atoms with Crippen molar-refractivity contribution in [1.82, 2.24) is 15.5 Å². The van der Waals surface area contributed by atoms with Crippen LogP contribution in [0.25, 0.3) is 0 Å². The van der Waals surface area contributed by atoms with E-state index in [4.69, 9.17) is 4.42 Å². The minimum absolute atomic E-state index is 0.0108. The standard InChI is InChI=1S/C20H23N3O4/c24-18(22-20(26)21-13-17-7-4-12-27-17)14-23-10-8-16(9-11-23)19(25)15-5-2-1-3-6-15/h1-7,12,16H,8-11,13-14H2,(H2,21,22,24,26). The van der Waals surface area contributed by atoms with Gasteiger partial charge in [-0.2, -0.15) is 0 Å². The summed E-state index contributed by atoms with van der Waals surface area (Å²) in [7, 11) is 0. The van der Waals surface area contributed by atoms with Crippen LogP contribution in [-0.2, 0) is 11.3 Å². The number of amides is 3. The van der Waals surface area contributed by atoms with Gasteiger partial charge in [0.2, 0.25) is 5.91 Å². The molecule has 27 heavy (non-hydrogen) atoms. The molecule has 1 saturated heterocycles. The smallest absolute Gasteiger partial charge is 0.321 e. The number of likely N-dealkylation sites (tertiary alicyclic amines) is 1. The number of carbonyl (C=O) groups excluding carboxylic acids is 3. The quantitative estimate of drug-likeness (QED) is 0.762. The molecule has 0 bridgehead atoms. The summed E-state index contributed by atoms with van der Waals surface area (Å²) in [5, 5.41) is 4.88. The van der Waals surface area contributed by atoms with Crippen molar-refractivity contribution in [2.24, 2.45) is 5.92 Å². The molecule has 3 amide bonds. The zero-order valence-electron chi connectivity index (χ0n) is 15.0. The van der Waals surface area contributed by atoms with E-state index in [0.29, 0.717) is 31.7 Å². The first-order valence-corrected chi connectivity index (χ1v) is 9.03. The van der Waals surface area contributed by atoms with E-state index in [-0.39, 0.29) is 30.7 Å². The van der Waals surface area contributed by atoms with Gasteiger partial charge in [0.15, 0.2) is 5.78 Å². The van der Waals surface area contributed by atoms with Crippen LogP contribution in [-0.4, -0.2) is 42.3 Å². The van der Waals surface area contributed by atoms with E-state index in [0.717, 1.165) is 5.56 Å². The van der Waals surface area contributed by atoms with Crippen LogP contribution in [0.15, 0.2) is 53.1 Å². The van der Waals surface area contributed by atoms with Crippen molar-refractivity contribution in [1.29, 1.82) is 0 Å². The highest BCUT2D eigenvalue weighted by molar-refractivity contribution is 5.98. The minimum Gasteiger partial charge on any atom is -0.467 e. The van der Waals surface area contributed by atoms with E-state index in [9.17, 15) is 14.4 Å². The SMILES string of the molecule is O=C(CN1CCC(C(=O)c2ccccc2)CC1)NC(=O)NCc1ccco1. The maximum atomic E-state index is 12.5. The number of hydrogen-bond donors (Lipinski definition) is 2. The Morgan fingerprint density at radius 1 is 1.04 bits per heavy atom. The van der Waals surface area contributed by atoms with E-state index in [1.54, 1.807) is 12.1 Å². The van der Waals surface area contributed by atoms with E-state index < -0.39 is 6.03 Å². The Morgan fingerprint density at radius 3 is 2.44 bits per heavy atom. The molecule has 0 radical (unpaired) electrons. The van der Waals surface area contributed by atoms with Crippen LogP contribution in [0.4, 0.5) is 4.79 Å². The molecule has 7 nitrogen and oxygen atoms in total. The van der Waals surface area contributed by atoms with Gasteiger partial charge >= 0.3 is 6.03 Å². The van der Waals surface area contributed by atoms with Crippen LogP contribution >= 0.6 is 0 Å². The summed E-state index contributed by atoms with van der Waals surface area (Å²) in [4.78, 5) is 38.2. The van der Waals surface area contributed by atoms with Gasteiger partial charge in [0.05, 0.1) is 19.4 Å². The molecule has 0 aliphatic carbocycles. The minimum atomic E-state index is -0.550. The molecule has 142 valence electrons. The number of imide groups is 1. The first kappa shape index (κ1) is 18.8. The zero-order valence-corrected chi connectivity index (χ0v) is 15.0. The van der Waals surface area contributed by atoms with Crippen molar-refractivity contribution in [3.8, 4) is 0 Å². The Labute approximate surface area is 157 Å². The van der Waals surface area contributed by atoms with Crippen LogP contribution in [0.5, 0.6) is 0 Å². The van der Waals surface area contributed by atoms with Gasteiger partial charge in [0.1, 0.15) is 5.76 Å². The monoisotopic (exact) mass is 369 g/mol. The molecule has 2 aromatic rings. The van der Waals surface area contributed by atoms with E-state index >= 15 is 0 Å². The number of nitrogens with zero attached hydrogens (tertiary/aromatic N) is 1. The van der Waals surface area contributed by atoms with Crippen LogP contribution in [0.1, 0.15) is 29.0 Å². The van der Waals surface area contributed by atoms with Gasteiger partial charge < -0.3 is 9.73 Å². The summed E-state index contributed by atoms with van der Waals surface area (Å²) >= 11 is 0. The highest BCUT2D eigenvalue weighted by atomic mass is 16.3. The highest BCUT2D eigenvalue weighted by Crippen LogP contribution is 2.21. The lowest BCUT2D eigenvalue weighted by atomic mass is 9.89. The molecule has 0 unspecified atom stereocenters. The third-order valence-corrected chi connectivity index (χ3v) is 4.64. The Kier molecular flexibility index (Phi) is 6.38. The molecule has 0 spiro atoms. The fraction of sp³-hybridized carbons (Fsp3) is 0.350. The average molecular weight is 369 g/mol. The van der Waals surface area contributed by atoms with Gasteiger partial charge in [-0.05, 0) is 38.1 Å². The number of nitrogens with one attached hydrogen (secondary N) is 2. The lowest BCUT2D eigenvalue weighted by molar-refractivity contribution is -0.121. The Morgan fingerprint density at radius 2 is 1.78 bits per heavy atom. The fourth-order valence-corrected chi connectivity index (χ4v) is 3.19.